The molecule has 146 valence electrons. The molecular formula is C22H24N2O3S. The quantitative estimate of drug-likeness (QED) is 0.647. The molecule has 4 rings (SSSR count). The summed E-state index contributed by atoms with van der Waals surface area (Å²) in [5.74, 6) is 0.504. The van der Waals surface area contributed by atoms with Crippen LogP contribution in [-0.4, -0.2) is 16.6 Å². The lowest BCUT2D eigenvalue weighted by Gasteiger charge is -2.36. The van der Waals surface area contributed by atoms with E-state index in [0.717, 1.165) is 35.5 Å². The maximum atomic E-state index is 12.8. The van der Waals surface area contributed by atoms with Gasteiger partial charge < -0.3 is 14.9 Å². The minimum atomic E-state index is -0.555. The molecule has 2 aromatic heterocycles. The van der Waals surface area contributed by atoms with Gasteiger partial charge in [-0.3, -0.25) is 0 Å². The van der Waals surface area contributed by atoms with E-state index in [1.54, 1.807) is 6.20 Å². The highest BCUT2D eigenvalue weighted by atomic mass is 32.1. The Morgan fingerprint density at radius 2 is 2.04 bits per heavy atom. The van der Waals surface area contributed by atoms with E-state index in [0.29, 0.717) is 10.6 Å². The van der Waals surface area contributed by atoms with Gasteiger partial charge in [-0.25, -0.2) is 9.78 Å². The molecule has 1 atom stereocenters. The highest BCUT2D eigenvalue weighted by Crippen LogP contribution is 2.48. The van der Waals surface area contributed by atoms with Crippen LogP contribution in [0.2, 0.25) is 0 Å². The lowest BCUT2D eigenvalue weighted by molar-refractivity contribution is 0.00697. The van der Waals surface area contributed by atoms with E-state index >= 15 is 0 Å². The zero-order chi connectivity index (χ0) is 19.9. The van der Waals surface area contributed by atoms with Crippen molar-refractivity contribution in [2.45, 2.75) is 51.0 Å². The average molecular weight is 397 g/mol. The number of esters is 1. The lowest BCUT2D eigenvalue weighted by Crippen LogP contribution is -2.34. The summed E-state index contributed by atoms with van der Waals surface area (Å²) in [6.45, 7) is 5.60. The van der Waals surface area contributed by atoms with Gasteiger partial charge in [0.15, 0.2) is 6.39 Å². The first kappa shape index (κ1) is 18.7. The van der Waals surface area contributed by atoms with Crippen LogP contribution in [0.3, 0.4) is 0 Å². The second-order valence-electron chi connectivity index (χ2n) is 8.24. The van der Waals surface area contributed by atoms with Crippen molar-refractivity contribution >= 4 is 22.3 Å². The molecule has 1 aliphatic carbocycles. The fraction of sp³-hybridized carbons (Fsp3) is 0.364. The van der Waals surface area contributed by atoms with E-state index in [9.17, 15) is 4.79 Å². The summed E-state index contributed by atoms with van der Waals surface area (Å²) < 4.78 is 11.4. The summed E-state index contributed by atoms with van der Waals surface area (Å²) in [5, 5.41) is 0.528. The standard InChI is InChI=1S/C22H24N2O3S/c1-21(2,3)27-20(25)18-15-9-10-22(17-12-24-13-26-17,11-16(15)28-19(18)23)14-7-5-4-6-8-14/h4-8,12-13H,9-11,23H2,1-3H3. The number of oxazole rings is 1. The third-order valence-corrected chi connectivity index (χ3v) is 6.28. The summed E-state index contributed by atoms with van der Waals surface area (Å²) in [6, 6.07) is 10.3. The Kier molecular flexibility index (Phi) is 4.54. The molecule has 2 heterocycles. The van der Waals surface area contributed by atoms with Crippen LogP contribution in [0.5, 0.6) is 0 Å². The van der Waals surface area contributed by atoms with Crippen LogP contribution in [0.4, 0.5) is 5.00 Å². The van der Waals surface area contributed by atoms with E-state index in [4.69, 9.17) is 14.9 Å². The monoisotopic (exact) mass is 396 g/mol. The van der Waals surface area contributed by atoms with E-state index in [-0.39, 0.29) is 11.4 Å². The summed E-state index contributed by atoms with van der Waals surface area (Å²) >= 11 is 1.48. The van der Waals surface area contributed by atoms with Crippen molar-refractivity contribution in [3.8, 4) is 0 Å². The topological polar surface area (TPSA) is 78.4 Å². The van der Waals surface area contributed by atoms with Gasteiger partial charge in [-0.05, 0) is 51.2 Å². The molecule has 0 bridgehead atoms. The number of nitrogens with zero attached hydrogens (tertiary/aromatic N) is 1. The number of carbonyl (C=O) groups is 1. The van der Waals surface area contributed by atoms with Gasteiger partial charge in [-0.1, -0.05) is 30.3 Å². The van der Waals surface area contributed by atoms with Gasteiger partial charge in [0.1, 0.15) is 16.4 Å². The van der Waals surface area contributed by atoms with Crippen molar-refractivity contribution in [1.29, 1.82) is 0 Å². The number of ether oxygens (including phenoxy) is 1. The minimum absolute atomic E-state index is 0.312. The normalized spacial score (nSPS) is 19.2. The molecule has 0 saturated carbocycles. The first-order valence-corrected chi connectivity index (χ1v) is 10.2. The van der Waals surface area contributed by atoms with Crippen LogP contribution in [0.25, 0.3) is 0 Å². The zero-order valence-corrected chi connectivity index (χ0v) is 17.1. The number of hydrogen-bond acceptors (Lipinski definition) is 6. The summed E-state index contributed by atoms with van der Waals surface area (Å²) in [7, 11) is 0. The van der Waals surface area contributed by atoms with E-state index in [1.807, 2.05) is 39.0 Å². The molecule has 0 saturated heterocycles. The van der Waals surface area contributed by atoms with Crippen LogP contribution in [0.1, 0.15) is 59.3 Å². The minimum Gasteiger partial charge on any atom is -0.456 e. The number of hydrogen-bond donors (Lipinski definition) is 1. The van der Waals surface area contributed by atoms with Crippen molar-refractivity contribution in [3.63, 3.8) is 0 Å². The second-order valence-corrected chi connectivity index (χ2v) is 9.37. The molecule has 2 N–H and O–H groups in total. The van der Waals surface area contributed by atoms with Gasteiger partial charge in [0.05, 0.1) is 17.2 Å². The van der Waals surface area contributed by atoms with Crippen molar-refractivity contribution in [2.24, 2.45) is 0 Å². The van der Waals surface area contributed by atoms with Gasteiger partial charge in [-0.15, -0.1) is 11.3 Å². The summed E-state index contributed by atoms with van der Waals surface area (Å²) in [5.41, 5.74) is 8.14. The highest BCUT2D eigenvalue weighted by Gasteiger charge is 2.43. The number of fused-ring (bicyclic) bond motifs is 1. The Morgan fingerprint density at radius 3 is 2.68 bits per heavy atom. The molecule has 0 spiro atoms. The van der Waals surface area contributed by atoms with Gasteiger partial charge >= 0.3 is 5.97 Å². The Hall–Kier alpha value is -2.60. The molecule has 0 radical (unpaired) electrons. The van der Waals surface area contributed by atoms with Gasteiger partial charge in [0.25, 0.3) is 0 Å². The predicted octanol–water partition coefficient (Wildman–Crippen LogP) is 4.75. The number of rotatable bonds is 3. The maximum absolute atomic E-state index is 12.8. The Labute approximate surface area is 168 Å². The molecular weight excluding hydrogens is 372 g/mol. The molecule has 3 aromatic rings. The van der Waals surface area contributed by atoms with Crippen LogP contribution in [0, 0.1) is 0 Å². The molecule has 28 heavy (non-hydrogen) atoms. The number of carbonyl (C=O) groups excluding carboxylic acids is 1. The lowest BCUT2D eigenvalue weighted by atomic mass is 9.68. The Balaban J connectivity index is 1.77. The molecule has 1 aliphatic rings. The molecule has 1 unspecified atom stereocenters. The molecule has 0 fully saturated rings. The largest absolute Gasteiger partial charge is 0.456 e. The average Bonchev–Trinajstić information content (AvgIpc) is 3.27. The van der Waals surface area contributed by atoms with E-state index in [1.165, 1.54) is 23.3 Å². The fourth-order valence-corrected chi connectivity index (χ4v) is 5.22. The number of nitrogen functional groups attached to an aromatic ring is 1. The summed E-state index contributed by atoms with van der Waals surface area (Å²) in [4.78, 5) is 18.0. The van der Waals surface area contributed by atoms with Crippen molar-refractivity contribution in [2.75, 3.05) is 5.73 Å². The van der Waals surface area contributed by atoms with Crippen molar-refractivity contribution in [3.05, 3.63) is 70.3 Å². The number of nitrogens with two attached hydrogens (primary N) is 1. The van der Waals surface area contributed by atoms with E-state index < -0.39 is 5.60 Å². The Morgan fingerprint density at radius 1 is 1.29 bits per heavy atom. The molecule has 1 aromatic carbocycles. The van der Waals surface area contributed by atoms with E-state index in [2.05, 4.69) is 17.1 Å². The van der Waals surface area contributed by atoms with Crippen molar-refractivity contribution in [1.82, 2.24) is 4.98 Å². The SMILES string of the molecule is CC(C)(C)OC(=O)c1c(N)sc2c1CCC(c1ccccc1)(c1cnco1)C2. The molecule has 0 amide bonds. The molecule has 5 nitrogen and oxygen atoms in total. The van der Waals surface area contributed by atoms with Crippen LogP contribution in [0.15, 0.2) is 47.3 Å². The van der Waals surface area contributed by atoms with Crippen molar-refractivity contribution < 1.29 is 13.9 Å². The first-order valence-electron chi connectivity index (χ1n) is 9.38. The van der Waals surface area contributed by atoms with Crippen LogP contribution < -0.4 is 5.73 Å². The number of anilines is 1. The third kappa shape index (κ3) is 3.22. The number of aromatic nitrogens is 1. The molecule has 0 aliphatic heterocycles. The number of benzene rings is 1. The fourth-order valence-electron chi connectivity index (χ4n) is 4.00. The second kappa shape index (κ2) is 6.78. The van der Waals surface area contributed by atoms with Crippen LogP contribution >= 0.6 is 11.3 Å². The smallest absolute Gasteiger partial charge is 0.341 e. The highest BCUT2D eigenvalue weighted by molar-refractivity contribution is 7.16. The van der Waals surface area contributed by atoms with Crippen LogP contribution in [-0.2, 0) is 23.0 Å². The van der Waals surface area contributed by atoms with Gasteiger partial charge in [0.2, 0.25) is 0 Å². The van der Waals surface area contributed by atoms with Gasteiger partial charge in [0, 0.05) is 4.88 Å². The summed E-state index contributed by atoms with van der Waals surface area (Å²) in [6.07, 6.45) is 5.53. The zero-order valence-electron chi connectivity index (χ0n) is 16.3. The maximum Gasteiger partial charge on any atom is 0.341 e. The molecule has 6 heteroatoms. The van der Waals surface area contributed by atoms with Gasteiger partial charge in [-0.2, -0.15) is 0 Å². The first-order chi connectivity index (χ1) is 13.3. The third-order valence-electron chi connectivity index (χ3n) is 5.22. The predicted molar refractivity (Wildman–Crippen MR) is 110 cm³/mol. The number of thiophene rings is 1. The Bertz CT molecular complexity index is 987.